The van der Waals surface area contributed by atoms with Gasteiger partial charge >= 0.3 is 0 Å². The maximum atomic E-state index is 12.5. The molecule has 1 aromatic rings. The van der Waals surface area contributed by atoms with E-state index in [9.17, 15) is 9.59 Å². The van der Waals surface area contributed by atoms with E-state index in [2.05, 4.69) is 5.32 Å². The molecule has 1 aliphatic heterocycles. The highest BCUT2D eigenvalue weighted by Crippen LogP contribution is 2.28. The van der Waals surface area contributed by atoms with Gasteiger partial charge in [-0.25, -0.2) is 0 Å². The van der Waals surface area contributed by atoms with Crippen molar-refractivity contribution in [1.82, 2.24) is 10.2 Å². The number of ether oxygens (including phenoxy) is 2. The number of likely N-dealkylation sites (tertiary alicyclic amines) is 1. The highest BCUT2D eigenvalue weighted by atomic mass is 16.5. The largest absolute Gasteiger partial charge is 0.493 e. The van der Waals surface area contributed by atoms with Crippen molar-refractivity contribution >= 4 is 11.8 Å². The van der Waals surface area contributed by atoms with E-state index in [4.69, 9.17) is 9.47 Å². The Balaban J connectivity index is 1.47. The molecule has 0 aromatic heterocycles. The van der Waals surface area contributed by atoms with E-state index in [1.807, 2.05) is 23.1 Å². The molecule has 1 aliphatic carbocycles. The van der Waals surface area contributed by atoms with Crippen molar-refractivity contribution in [3.8, 4) is 11.5 Å². The smallest absolute Gasteiger partial charge is 0.225 e. The summed E-state index contributed by atoms with van der Waals surface area (Å²) in [5.74, 6) is 1.87. The van der Waals surface area contributed by atoms with Crippen molar-refractivity contribution < 1.29 is 19.1 Å². The summed E-state index contributed by atoms with van der Waals surface area (Å²) in [5.41, 5.74) is 1.08. The van der Waals surface area contributed by atoms with Gasteiger partial charge in [-0.3, -0.25) is 9.59 Å². The number of rotatable bonds is 8. The number of carbonyl (C=O) groups is 2. The summed E-state index contributed by atoms with van der Waals surface area (Å²) in [6, 6.07) is 5.80. The molecule has 1 saturated carbocycles. The fourth-order valence-corrected chi connectivity index (χ4v) is 4.24. The Morgan fingerprint density at radius 2 is 1.89 bits per heavy atom. The molecule has 2 amide bonds. The minimum atomic E-state index is -0.221. The molecule has 2 aliphatic rings. The molecule has 2 fully saturated rings. The zero-order chi connectivity index (χ0) is 19.9. The fourth-order valence-electron chi connectivity index (χ4n) is 4.24. The first-order valence-corrected chi connectivity index (χ1v) is 10.4. The third-order valence-electron chi connectivity index (χ3n) is 5.99. The van der Waals surface area contributed by atoms with Crippen LogP contribution < -0.4 is 14.8 Å². The predicted octanol–water partition coefficient (Wildman–Crippen LogP) is 2.79. The zero-order valence-electron chi connectivity index (χ0n) is 17.0. The van der Waals surface area contributed by atoms with E-state index in [1.165, 1.54) is 32.1 Å². The van der Waals surface area contributed by atoms with Gasteiger partial charge in [0.2, 0.25) is 11.8 Å². The number of hydrogen-bond donors (Lipinski definition) is 1. The Hall–Kier alpha value is -2.24. The number of carbonyl (C=O) groups excluding carboxylic acids is 2. The molecule has 0 spiro atoms. The molecule has 6 nitrogen and oxygen atoms in total. The maximum Gasteiger partial charge on any atom is 0.225 e. The van der Waals surface area contributed by atoms with Gasteiger partial charge in [-0.1, -0.05) is 25.3 Å². The quantitative estimate of drug-likeness (QED) is 0.744. The first-order valence-electron chi connectivity index (χ1n) is 10.4. The van der Waals surface area contributed by atoms with Crippen LogP contribution in [-0.4, -0.2) is 50.6 Å². The third-order valence-corrected chi connectivity index (χ3v) is 5.99. The second-order valence-electron chi connectivity index (χ2n) is 7.93. The topological polar surface area (TPSA) is 67.9 Å². The van der Waals surface area contributed by atoms with E-state index in [1.54, 1.807) is 14.2 Å². The van der Waals surface area contributed by atoms with Crippen molar-refractivity contribution in [2.75, 3.05) is 33.9 Å². The summed E-state index contributed by atoms with van der Waals surface area (Å²) in [4.78, 5) is 26.6. The molecule has 3 rings (SSSR count). The minimum Gasteiger partial charge on any atom is -0.493 e. The van der Waals surface area contributed by atoms with E-state index in [0.717, 1.165) is 18.5 Å². The van der Waals surface area contributed by atoms with Gasteiger partial charge in [0.15, 0.2) is 11.5 Å². The molecule has 1 N–H and O–H groups in total. The van der Waals surface area contributed by atoms with Crippen LogP contribution in [-0.2, 0) is 16.0 Å². The van der Waals surface area contributed by atoms with Crippen LogP contribution in [0.3, 0.4) is 0 Å². The third kappa shape index (κ3) is 5.18. The number of benzene rings is 1. The molecule has 28 heavy (non-hydrogen) atoms. The van der Waals surface area contributed by atoms with E-state index < -0.39 is 0 Å². The Labute approximate surface area is 167 Å². The van der Waals surface area contributed by atoms with Crippen LogP contribution in [0.1, 0.15) is 44.1 Å². The van der Waals surface area contributed by atoms with Crippen LogP contribution in [0.4, 0.5) is 0 Å². The average Bonchev–Trinajstić information content (AvgIpc) is 3.11. The average molecular weight is 389 g/mol. The van der Waals surface area contributed by atoms with Crippen LogP contribution in [0.2, 0.25) is 0 Å². The molecule has 0 unspecified atom stereocenters. The summed E-state index contributed by atoms with van der Waals surface area (Å²) in [6.45, 7) is 1.89. The molecular weight excluding hydrogens is 356 g/mol. The predicted molar refractivity (Wildman–Crippen MR) is 108 cm³/mol. The van der Waals surface area contributed by atoms with Gasteiger partial charge in [-0.05, 0) is 42.9 Å². The summed E-state index contributed by atoms with van der Waals surface area (Å²) in [7, 11) is 3.22. The van der Waals surface area contributed by atoms with Gasteiger partial charge in [0.25, 0.3) is 0 Å². The Bertz CT molecular complexity index is 685. The summed E-state index contributed by atoms with van der Waals surface area (Å²) in [5, 5.41) is 3.09. The molecular formula is C22H32N2O4. The number of methoxy groups -OCH3 is 2. The van der Waals surface area contributed by atoms with Crippen LogP contribution >= 0.6 is 0 Å². The lowest BCUT2D eigenvalue weighted by molar-refractivity contribution is -0.129. The first kappa shape index (κ1) is 20.5. The SMILES string of the molecule is COc1ccc(CCN2C[C@H](C(=O)NCC3CCCCC3)CC2=O)cc1OC. The fraction of sp³-hybridized carbons (Fsp3) is 0.636. The minimum absolute atomic E-state index is 0.0348. The summed E-state index contributed by atoms with van der Waals surface area (Å²) in [6.07, 6.45) is 7.32. The van der Waals surface area contributed by atoms with Crippen LogP contribution in [0.5, 0.6) is 11.5 Å². The molecule has 1 saturated heterocycles. The van der Waals surface area contributed by atoms with Gasteiger partial charge in [-0.2, -0.15) is 0 Å². The van der Waals surface area contributed by atoms with Gasteiger partial charge in [0.05, 0.1) is 20.1 Å². The van der Waals surface area contributed by atoms with Crippen molar-refractivity contribution in [3.05, 3.63) is 23.8 Å². The van der Waals surface area contributed by atoms with Crippen LogP contribution in [0, 0.1) is 11.8 Å². The van der Waals surface area contributed by atoms with E-state index >= 15 is 0 Å². The maximum absolute atomic E-state index is 12.5. The molecule has 1 atom stereocenters. The van der Waals surface area contributed by atoms with Crippen molar-refractivity contribution in [2.24, 2.45) is 11.8 Å². The Kier molecular flexibility index (Phi) is 7.18. The number of nitrogens with one attached hydrogen (secondary N) is 1. The van der Waals surface area contributed by atoms with E-state index in [0.29, 0.717) is 36.9 Å². The second kappa shape index (κ2) is 9.80. The van der Waals surface area contributed by atoms with Crippen molar-refractivity contribution in [3.63, 3.8) is 0 Å². The summed E-state index contributed by atoms with van der Waals surface area (Å²) >= 11 is 0. The Morgan fingerprint density at radius 3 is 2.61 bits per heavy atom. The monoisotopic (exact) mass is 388 g/mol. The lowest BCUT2D eigenvalue weighted by atomic mass is 9.89. The van der Waals surface area contributed by atoms with Gasteiger partial charge in [0.1, 0.15) is 0 Å². The molecule has 1 heterocycles. The normalized spacial score (nSPS) is 20.3. The van der Waals surface area contributed by atoms with Gasteiger partial charge in [-0.15, -0.1) is 0 Å². The number of amides is 2. The number of nitrogens with zero attached hydrogens (tertiary/aromatic N) is 1. The highest BCUT2D eigenvalue weighted by molar-refractivity contribution is 5.89. The molecule has 6 heteroatoms. The van der Waals surface area contributed by atoms with Crippen LogP contribution in [0.15, 0.2) is 18.2 Å². The highest BCUT2D eigenvalue weighted by Gasteiger charge is 2.34. The van der Waals surface area contributed by atoms with Crippen molar-refractivity contribution in [2.45, 2.75) is 44.9 Å². The molecule has 1 aromatic carbocycles. The van der Waals surface area contributed by atoms with Gasteiger partial charge < -0.3 is 19.7 Å². The standard InChI is InChI=1S/C22H32N2O4/c1-27-19-9-8-16(12-20(19)28-2)10-11-24-15-18(13-21(24)25)22(26)23-14-17-6-4-3-5-7-17/h8-9,12,17-18H,3-7,10-11,13-15H2,1-2H3,(H,23,26)/t18-/m1/s1. The number of hydrogen-bond acceptors (Lipinski definition) is 4. The lowest BCUT2D eigenvalue weighted by Gasteiger charge is -2.22. The van der Waals surface area contributed by atoms with Crippen molar-refractivity contribution in [1.29, 1.82) is 0 Å². The molecule has 0 bridgehead atoms. The molecule has 0 radical (unpaired) electrons. The zero-order valence-corrected chi connectivity index (χ0v) is 17.0. The van der Waals surface area contributed by atoms with E-state index in [-0.39, 0.29) is 17.7 Å². The van der Waals surface area contributed by atoms with Gasteiger partial charge in [0, 0.05) is 26.1 Å². The second-order valence-corrected chi connectivity index (χ2v) is 7.93. The molecule has 154 valence electrons. The summed E-state index contributed by atoms with van der Waals surface area (Å²) < 4.78 is 10.6. The first-order chi connectivity index (χ1) is 13.6. The lowest BCUT2D eigenvalue weighted by Crippen LogP contribution is -2.36. The van der Waals surface area contributed by atoms with Crippen LogP contribution in [0.25, 0.3) is 0 Å². The Morgan fingerprint density at radius 1 is 1.14 bits per heavy atom.